The van der Waals surface area contributed by atoms with Gasteiger partial charge >= 0.3 is 0 Å². The zero-order chi connectivity index (χ0) is 13.8. The average Bonchev–Trinajstić information content (AvgIpc) is 2.48. The molecule has 2 aliphatic heterocycles. The van der Waals surface area contributed by atoms with Gasteiger partial charge in [0.2, 0.25) is 0 Å². The number of rotatable bonds is 4. The summed E-state index contributed by atoms with van der Waals surface area (Å²) in [7, 11) is 2.18. The number of fused-ring (bicyclic) bond motifs is 1. The zero-order valence-corrected chi connectivity index (χ0v) is 12.2. The maximum absolute atomic E-state index is 5.83. The van der Waals surface area contributed by atoms with Crippen LogP contribution in [0.1, 0.15) is 18.4 Å². The van der Waals surface area contributed by atoms with Crippen LogP contribution in [0.5, 0.6) is 5.75 Å². The standard InChI is InChI=1S/C16H24N2O2/c1-18(10-13-4-3-8-19-12-13)11-14-5-2-6-15-16(14)20-9-7-17-15/h2,5-6,13,17H,3-4,7-12H2,1H3. The Balaban J connectivity index is 1.62. The van der Waals surface area contributed by atoms with Crippen LogP contribution < -0.4 is 10.1 Å². The monoisotopic (exact) mass is 276 g/mol. The lowest BCUT2D eigenvalue weighted by Gasteiger charge is -2.28. The van der Waals surface area contributed by atoms with Crippen molar-refractivity contribution < 1.29 is 9.47 Å². The van der Waals surface area contributed by atoms with Crippen LogP contribution in [0, 0.1) is 5.92 Å². The Hall–Kier alpha value is -1.26. The van der Waals surface area contributed by atoms with Crippen molar-refractivity contribution in [2.24, 2.45) is 5.92 Å². The summed E-state index contributed by atoms with van der Waals surface area (Å²) in [5.74, 6) is 1.71. The fraction of sp³-hybridized carbons (Fsp3) is 0.625. The van der Waals surface area contributed by atoms with Crippen LogP contribution in [-0.4, -0.2) is 44.9 Å². The zero-order valence-electron chi connectivity index (χ0n) is 12.2. The average molecular weight is 276 g/mol. The molecule has 0 aliphatic carbocycles. The highest BCUT2D eigenvalue weighted by Gasteiger charge is 2.18. The van der Waals surface area contributed by atoms with Gasteiger partial charge in [-0.2, -0.15) is 0 Å². The van der Waals surface area contributed by atoms with Crippen molar-refractivity contribution in [3.05, 3.63) is 23.8 Å². The van der Waals surface area contributed by atoms with E-state index in [0.717, 1.165) is 50.9 Å². The fourth-order valence-electron chi connectivity index (χ4n) is 3.11. The second-order valence-electron chi connectivity index (χ2n) is 5.85. The largest absolute Gasteiger partial charge is 0.489 e. The molecule has 1 unspecified atom stereocenters. The fourth-order valence-corrected chi connectivity index (χ4v) is 3.11. The molecule has 1 aromatic rings. The van der Waals surface area contributed by atoms with E-state index in [4.69, 9.17) is 9.47 Å². The number of nitrogens with zero attached hydrogens (tertiary/aromatic N) is 1. The smallest absolute Gasteiger partial charge is 0.146 e. The Morgan fingerprint density at radius 1 is 1.35 bits per heavy atom. The lowest BCUT2D eigenvalue weighted by Crippen LogP contribution is -2.31. The molecule has 1 atom stereocenters. The van der Waals surface area contributed by atoms with Crippen molar-refractivity contribution in [1.29, 1.82) is 0 Å². The van der Waals surface area contributed by atoms with Gasteiger partial charge in [0.25, 0.3) is 0 Å². The Labute approximate surface area is 121 Å². The number of anilines is 1. The molecule has 3 rings (SSSR count). The number of nitrogens with one attached hydrogen (secondary N) is 1. The van der Waals surface area contributed by atoms with Gasteiger partial charge in [-0.1, -0.05) is 12.1 Å². The molecule has 4 nitrogen and oxygen atoms in total. The summed E-state index contributed by atoms with van der Waals surface area (Å²) in [6.07, 6.45) is 2.49. The van der Waals surface area contributed by atoms with Gasteiger partial charge in [-0.15, -0.1) is 0 Å². The van der Waals surface area contributed by atoms with Crippen molar-refractivity contribution in [3.63, 3.8) is 0 Å². The number of benzene rings is 1. The van der Waals surface area contributed by atoms with Gasteiger partial charge in [-0.25, -0.2) is 0 Å². The van der Waals surface area contributed by atoms with Gasteiger partial charge in [-0.3, -0.25) is 0 Å². The molecule has 4 heteroatoms. The van der Waals surface area contributed by atoms with Crippen LogP contribution >= 0.6 is 0 Å². The molecule has 0 saturated carbocycles. The molecular weight excluding hydrogens is 252 g/mol. The minimum Gasteiger partial charge on any atom is -0.489 e. The summed E-state index contributed by atoms with van der Waals surface area (Å²) in [6, 6.07) is 6.36. The predicted molar refractivity (Wildman–Crippen MR) is 80.3 cm³/mol. The Morgan fingerprint density at radius 2 is 2.30 bits per heavy atom. The molecule has 0 spiro atoms. The first-order valence-electron chi connectivity index (χ1n) is 7.58. The first-order valence-corrected chi connectivity index (χ1v) is 7.58. The molecule has 2 aliphatic rings. The lowest BCUT2D eigenvalue weighted by molar-refractivity contribution is 0.0410. The van der Waals surface area contributed by atoms with Crippen molar-refractivity contribution >= 4 is 5.69 Å². The molecule has 1 aromatic carbocycles. The van der Waals surface area contributed by atoms with E-state index in [1.807, 2.05) is 0 Å². The van der Waals surface area contributed by atoms with Crippen molar-refractivity contribution in [3.8, 4) is 5.75 Å². The van der Waals surface area contributed by atoms with Gasteiger partial charge in [-0.05, 0) is 31.9 Å². The molecule has 0 radical (unpaired) electrons. The maximum atomic E-state index is 5.83. The van der Waals surface area contributed by atoms with E-state index in [-0.39, 0.29) is 0 Å². The molecule has 20 heavy (non-hydrogen) atoms. The van der Waals surface area contributed by atoms with Crippen molar-refractivity contribution in [2.45, 2.75) is 19.4 Å². The molecule has 1 N–H and O–H groups in total. The van der Waals surface area contributed by atoms with Crippen LogP contribution in [0.4, 0.5) is 5.69 Å². The third-order valence-corrected chi connectivity index (χ3v) is 4.03. The highest BCUT2D eigenvalue weighted by atomic mass is 16.5. The minimum absolute atomic E-state index is 0.673. The summed E-state index contributed by atoms with van der Waals surface area (Å²) in [5, 5.41) is 3.39. The summed E-state index contributed by atoms with van der Waals surface area (Å²) in [4.78, 5) is 2.38. The molecule has 0 bridgehead atoms. The minimum atomic E-state index is 0.673. The number of para-hydroxylation sites is 1. The molecular formula is C16H24N2O2. The van der Waals surface area contributed by atoms with Gasteiger partial charge in [0, 0.05) is 31.8 Å². The number of hydrogen-bond acceptors (Lipinski definition) is 4. The summed E-state index contributed by atoms with van der Waals surface area (Å²) in [6.45, 7) is 5.52. The highest BCUT2D eigenvalue weighted by Crippen LogP contribution is 2.32. The van der Waals surface area contributed by atoms with E-state index in [1.54, 1.807) is 0 Å². The second kappa shape index (κ2) is 6.46. The maximum Gasteiger partial charge on any atom is 0.146 e. The van der Waals surface area contributed by atoms with Crippen LogP contribution in [0.15, 0.2) is 18.2 Å². The Bertz CT molecular complexity index is 444. The predicted octanol–water partition coefficient (Wildman–Crippen LogP) is 2.35. The summed E-state index contributed by atoms with van der Waals surface area (Å²) >= 11 is 0. The van der Waals surface area contributed by atoms with Crippen LogP contribution in [0.3, 0.4) is 0 Å². The second-order valence-corrected chi connectivity index (χ2v) is 5.85. The van der Waals surface area contributed by atoms with Crippen molar-refractivity contribution in [1.82, 2.24) is 4.90 Å². The van der Waals surface area contributed by atoms with E-state index >= 15 is 0 Å². The SMILES string of the molecule is CN(Cc1cccc2c1OCCN2)CC1CCCOC1. The first kappa shape index (κ1) is 13.7. The Kier molecular flexibility index (Phi) is 4.43. The van der Waals surface area contributed by atoms with Crippen LogP contribution in [0.25, 0.3) is 0 Å². The molecule has 110 valence electrons. The van der Waals surface area contributed by atoms with Gasteiger partial charge in [0.15, 0.2) is 0 Å². The molecule has 1 fully saturated rings. The van der Waals surface area contributed by atoms with Gasteiger partial charge < -0.3 is 19.7 Å². The van der Waals surface area contributed by atoms with Gasteiger partial charge in [0.05, 0.1) is 12.3 Å². The highest BCUT2D eigenvalue weighted by molar-refractivity contribution is 5.61. The van der Waals surface area contributed by atoms with Crippen molar-refractivity contribution in [2.75, 3.05) is 45.3 Å². The first-order chi connectivity index (χ1) is 9.83. The Morgan fingerprint density at radius 3 is 3.15 bits per heavy atom. The molecule has 1 saturated heterocycles. The van der Waals surface area contributed by atoms with E-state index in [0.29, 0.717) is 5.92 Å². The van der Waals surface area contributed by atoms with E-state index in [2.05, 4.69) is 35.5 Å². The quantitative estimate of drug-likeness (QED) is 0.915. The molecule has 2 heterocycles. The van der Waals surface area contributed by atoms with E-state index in [1.165, 1.54) is 18.4 Å². The molecule has 0 aromatic heterocycles. The van der Waals surface area contributed by atoms with Crippen LogP contribution in [-0.2, 0) is 11.3 Å². The summed E-state index contributed by atoms with van der Waals surface area (Å²) < 4.78 is 11.4. The topological polar surface area (TPSA) is 33.7 Å². The van der Waals surface area contributed by atoms with Gasteiger partial charge in [0.1, 0.15) is 12.4 Å². The van der Waals surface area contributed by atoms with Crippen LogP contribution in [0.2, 0.25) is 0 Å². The number of hydrogen-bond donors (Lipinski definition) is 1. The normalized spacial score (nSPS) is 22.0. The van der Waals surface area contributed by atoms with E-state index < -0.39 is 0 Å². The summed E-state index contributed by atoms with van der Waals surface area (Å²) in [5.41, 5.74) is 2.40. The van der Waals surface area contributed by atoms with E-state index in [9.17, 15) is 0 Å². The molecule has 0 amide bonds. The third-order valence-electron chi connectivity index (χ3n) is 4.03. The number of ether oxygens (including phenoxy) is 2. The third kappa shape index (κ3) is 3.25. The lowest BCUT2D eigenvalue weighted by atomic mass is 10.0.